The van der Waals surface area contributed by atoms with Crippen LogP contribution in [-0.2, 0) is 14.8 Å². The molecule has 0 unspecified atom stereocenters. The zero-order valence-corrected chi connectivity index (χ0v) is 18.8. The summed E-state index contributed by atoms with van der Waals surface area (Å²) in [6, 6.07) is 18.3. The number of para-hydroxylation sites is 1. The van der Waals surface area contributed by atoms with Gasteiger partial charge in [-0.05, 0) is 48.0 Å². The van der Waals surface area contributed by atoms with Crippen LogP contribution in [0.5, 0.6) is 5.75 Å². The van der Waals surface area contributed by atoms with E-state index in [1.54, 1.807) is 42.5 Å². The van der Waals surface area contributed by atoms with E-state index in [1.807, 2.05) is 12.1 Å². The van der Waals surface area contributed by atoms with Gasteiger partial charge in [-0.25, -0.2) is 13.2 Å². The average Bonchev–Trinajstić information content (AvgIpc) is 2.84. The van der Waals surface area contributed by atoms with Crippen LogP contribution < -0.4 is 14.4 Å². The molecular weight excluding hydrogens is 444 g/mol. The van der Waals surface area contributed by atoms with Crippen molar-refractivity contribution in [2.24, 2.45) is 0 Å². The molecule has 1 fully saturated rings. The van der Waals surface area contributed by atoms with Crippen LogP contribution in [0.3, 0.4) is 0 Å². The fraction of sp³-hybridized carbons (Fsp3) is 0.208. The molecule has 3 aromatic rings. The molecule has 0 aromatic heterocycles. The molecule has 1 saturated heterocycles. The summed E-state index contributed by atoms with van der Waals surface area (Å²) in [6.45, 7) is 2.83. The lowest BCUT2D eigenvalue weighted by Gasteiger charge is -2.28. The summed E-state index contributed by atoms with van der Waals surface area (Å²) in [6.07, 6.45) is 0. The predicted octanol–water partition coefficient (Wildman–Crippen LogP) is 3.70. The summed E-state index contributed by atoms with van der Waals surface area (Å²) in [4.78, 5) is 13.6. The largest absolute Gasteiger partial charge is 0.496 e. The van der Waals surface area contributed by atoms with Gasteiger partial charge in [0.1, 0.15) is 10.6 Å². The molecule has 1 aliphatic heterocycles. The van der Waals surface area contributed by atoms with Crippen LogP contribution in [0.1, 0.15) is 10.4 Å². The van der Waals surface area contributed by atoms with Crippen LogP contribution in [0.15, 0.2) is 71.6 Å². The third kappa shape index (κ3) is 4.94. The molecule has 0 saturated carbocycles. The Morgan fingerprint density at radius 2 is 1.73 bits per heavy atom. The van der Waals surface area contributed by atoms with Gasteiger partial charge in [0, 0.05) is 30.0 Å². The predicted molar refractivity (Wildman–Crippen MR) is 126 cm³/mol. The van der Waals surface area contributed by atoms with Crippen LogP contribution in [0, 0.1) is 0 Å². The number of sulfonamides is 1. The number of carboxylic acid groups (broad SMARTS) is 1. The van der Waals surface area contributed by atoms with Crippen molar-refractivity contribution >= 4 is 27.4 Å². The first-order chi connectivity index (χ1) is 15.9. The standard InChI is InChI=1S/C24H24N2O6S/c1-31-22-5-3-2-4-20(22)17-6-11-21(24(27)28)23(16-17)33(29,30)25-18-7-9-19(10-8-18)26-12-14-32-15-13-26/h2-11,16,25H,12-15H2,1H3,(H,27,28). The highest BCUT2D eigenvalue weighted by Gasteiger charge is 2.24. The second-order valence-electron chi connectivity index (χ2n) is 7.47. The maximum Gasteiger partial charge on any atom is 0.337 e. The first kappa shape index (κ1) is 22.6. The van der Waals surface area contributed by atoms with Crippen molar-refractivity contribution in [1.29, 1.82) is 0 Å². The van der Waals surface area contributed by atoms with E-state index in [4.69, 9.17) is 9.47 Å². The number of ether oxygens (including phenoxy) is 2. The normalized spacial score (nSPS) is 14.0. The number of hydrogen-bond donors (Lipinski definition) is 2. The molecule has 8 nitrogen and oxygen atoms in total. The Labute approximate surface area is 192 Å². The maximum atomic E-state index is 13.2. The lowest BCUT2D eigenvalue weighted by Crippen LogP contribution is -2.36. The number of rotatable bonds is 7. The molecule has 172 valence electrons. The van der Waals surface area contributed by atoms with Gasteiger partial charge in [0.25, 0.3) is 10.0 Å². The van der Waals surface area contributed by atoms with Crippen molar-refractivity contribution in [3.63, 3.8) is 0 Å². The Balaban J connectivity index is 1.66. The number of aromatic carboxylic acids is 1. The molecule has 0 spiro atoms. The lowest BCUT2D eigenvalue weighted by molar-refractivity contribution is 0.0692. The Morgan fingerprint density at radius 3 is 2.39 bits per heavy atom. The molecule has 9 heteroatoms. The highest BCUT2D eigenvalue weighted by atomic mass is 32.2. The van der Waals surface area contributed by atoms with E-state index in [2.05, 4.69) is 9.62 Å². The number of morpholine rings is 1. The number of carbonyl (C=O) groups is 1. The van der Waals surface area contributed by atoms with E-state index in [0.29, 0.717) is 35.8 Å². The number of hydrogen-bond acceptors (Lipinski definition) is 6. The third-order valence-corrected chi connectivity index (χ3v) is 6.84. The summed E-state index contributed by atoms with van der Waals surface area (Å²) in [5.74, 6) is -0.778. The smallest absolute Gasteiger partial charge is 0.337 e. The Bertz CT molecular complexity index is 1250. The molecule has 4 rings (SSSR count). The van der Waals surface area contributed by atoms with Crippen molar-refractivity contribution in [1.82, 2.24) is 0 Å². The van der Waals surface area contributed by atoms with E-state index in [1.165, 1.54) is 19.2 Å². The Hall–Kier alpha value is -3.56. The van der Waals surface area contributed by atoms with Crippen molar-refractivity contribution in [3.8, 4) is 16.9 Å². The Kier molecular flexibility index (Phi) is 6.52. The van der Waals surface area contributed by atoms with Crippen LogP contribution in [0.4, 0.5) is 11.4 Å². The fourth-order valence-electron chi connectivity index (χ4n) is 3.74. The van der Waals surface area contributed by atoms with Crippen molar-refractivity contribution in [3.05, 3.63) is 72.3 Å². The highest BCUT2D eigenvalue weighted by molar-refractivity contribution is 7.92. The molecule has 33 heavy (non-hydrogen) atoms. The minimum atomic E-state index is -4.18. The molecule has 0 amide bonds. The number of methoxy groups -OCH3 is 1. The van der Waals surface area contributed by atoms with Gasteiger partial charge >= 0.3 is 5.97 Å². The summed E-state index contributed by atoms with van der Waals surface area (Å²) in [5, 5.41) is 9.61. The number of anilines is 2. The number of benzene rings is 3. The molecule has 2 N–H and O–H groups in total. The molecule has 0 atom stereocenters. The number of nitrogens with zero attached hydrogens (tertiary/aromatic N) is 1. The van der Waals surface area contributed by atoms with E-state index in [9.17, 15) is 18.3 Å². The number of carboxylic acids is 1. The zero-order chi connectivity index (χ0) is 23.4. The molecule has 3 aromatic carbocycles. The second kappa shape index (κ2) is 9.51. The average molecular weight is 469 g/mol. The van der Waals surface area contributed by atoms with Gasteiger partial charge in [0.15, 0.2) is 0 Å². The maximum absolute atomic E-state index is 13.2. The van der Waals surface area contributed by atoms with Gasteiger partial charge in [-0.2, -0.15) is 0 Å². The van der Waals surface area contributed by atoms with Gasteiger partial charge in [0.05, 0.1) is 25.9 Å². The van der Waals surface area contributed by atoms with E-state index in [-0.39, 0.29) is 10.5 Å². The minimum absolute atomic E-state index is 0.314. The summed E-state index contributed by atoms with van der Waals surface area (Å²) in [5.41, 5.74) is 2.17. The molecule has 1 aliphatic rings. The minimum Gasteiger partial charge on any atom is -0.496 e. The van der Waals surface area contributed by atoms with E-state index in [0.717, 1.165) is 18.8 Å². The first-order valence-corrected chi connectivity index (χ1v) is 11.8. The van der Waals surface area contributed by atoms with Crippen LogP contribution in [-0.4, -0.2) is 52.9 Å². The SMILES string of the molecule is COc1ccccc1-c1ccc(C(=O)O)c(S(=O)(=O)Nc2ccc(N3CCOCC3)cc2)c1. The van der Waals surface area contributed by atoms with Gasteiger partial charge in [-0.3, -0.25) is 4.72 Å². The van der Waals surface area contributed by atoms with Crippen LogP contribution >= 0.6 is 0 Å². The van der Waals surface area contributed by atoms with Crippen molar-refractivity contribution in [2.75, 3.05) is 43.0 Å². The Morgan fingerprint density at radius 1 is 1.03 bits per heavy atom. The summed E-state index contributed by atoms with van der Waals surface area (Å²) < 4.78 is 39.7. The second-order valence-corrected chi connectivity index (χ2v) is 9.12. The molecule has 0 radical (unpaired) electrons. The molecule has 1 heterocycles. The summed E-state index contributed by atoms with van der Waals surface area (Å²) in [7, 11) is -2.66. The quantitative estimate of drug-likeness (QED) is 0.545. The van der Waals surface area contributed by atoms with E-state index >= 15 is 0 Å². The fourth-order valence-corrected chi connectivity index (χ4v) is 5.03. The van der Waals surface area contributed by atoms with Crippen LogP contribution in [0.25, 0.3) is 11.1 Å². The molecule has 0 aliphatic carbocycles. The summed E-state index contributed by atoms with van der Waals surface area (Å²) >= 11 is 0. The molecule has 0 bridgehead atoms. The van der Waals surface area contributed by atoms with Gasteiger partial charge < -0.3 is 19.5 Å². The van der Waals surface area contributed by atoms with Crippen molar-refractivity contribution in [2.45, 2.75) is 4.90 Å². The van der Waals surface area contributed by atoms with Crippen molar-refractivity contribution < 1.29 is 27.8 Å². The topological polar surface area (TPSA) is 105 Å². The first-order valence-electron chi connectivity index (χ1n) is 10.4. The molecular formula is C24H24N2O6S. The monoisotopic (exact) mass is 468 g/mol. The van der Waals surface area contributed by atoms with Crippen LogP contribution in [0.2, 0.25) is 0 Å². The van der Waals surface area contributed by atoms with Gasteiger partial charge in [-0.1, -0.05) is 24.3 Å². The lowest BCUT2D eigenvalue weighted by atomic mass is 10.0. The zero-order valence-electron chi connectivity index (χ0n) is 18.0. The highest BCUT2D eigenvalue weighted by Crippen LogP contribution is 2.33. The van der Waals surface area contributed by atoms with Gasteiger partial charge in [0.2, 0.25) is 0 Å². The number of nitrogens with one attached hydrogen (secondary N) is 1. The van der Waals surface area contributed by atoms with Gasteiger partial charge in [-0.15, -0.1) is 0 Å². The third-order valence-electron chi connectivity index (χ3n) is 5.42. The van der Waals surface area contributed by atoms with E-state index < -0.39 is 16.0 Å².